The molecule has 2 bridgehead atoms. The van der Waals surface area contributed by atoms with Crippen molar-refractivity contribution in [1.29, 1.82) is 0 Å². The number of hydrogen-bond donors (Lipinski definition) is 0. The highest BCUT2D eigenvalue weighted by Gasteiger charge is 2.73. The molecule has 0 unspecified atom stereocenters. The molecule has 7 rings (SSSR count). The lowest BCUT2D eigenvalue weighted by molar-refractivity contribution is -0.129. The van der Waals surface area contributed by atoms with Gasteiger partial charge in [-0.15, -0.1) is 0 Å². The molecular formula is C26H34N2O. The summed E-state index contributed by atoms with van der Waals surface area (Å²) in [6.07, 6.45) is 15.5. The van der Waals surface area contributed by atoms with Gasteiger partial charge in [-0.25, -0.2) is 0 Å². The fourth-order valence-corrected chi connectivity index (χ4v) is 9.87. The SMILES string of the molecule is C=C1c2ccc3n2[C@H](CCC3=O)C[C@]12C[C@]13CCC[C@@H]4C[C@@H](C)C[C@]2(CCC1)N43. The summed E-state index contributed by atoms with van der Waals surface area (Å²) in [6, 6.07) is 5.65. The van der Waals surface area contributed by atoms with Crippen LogP contribution in [0.15, 0.2) is 18.7 Å². The van der Waals surface area contributed by atoms with Gasteiger partial charge in [0, 0.05) is 40.7 Å². The van der Waals surface area contributed by atoms with Gasteiger partial charge in [-0.05, 0) is 87.8 Å². The number of rotatable bonds is 0. The summed E-state index contributed by atoms with van der Waals surface area (Å²) < 4.78 is 2.40. The third kappa shape index (κ3) is 1.81. The van der Waals surface area contributed by atoms with Crippen LogP contribution < -0.4 is 0 Å². The number of ketones is 1. The van der Waals surface area contributed by atoms with Crippen LogP contribution in [-0.2, 0) is 0 Å². The highest BCUT2D eigenvalue weighted by atomic mass is 16.1. The van der Waals surface area contributed by atoms with Crippen LogP contribution in [0.4, 0.5) is 0 Å². The van der Waals surface area contributed by atoms with Crippen LogP contribution in [0.1, 0.15) is 106 Å². The molecule has 29 heavy (non-hydrogen) atoms. The molecule has 0 aromatic carbocycles. The molecule has 1 aromatic rings. The summed E-state index contributed by atoms with van der Waals surface area (Å²) >= 11 is 0. The lowest BCUT2D eigenvalue weighted by Crippen LogP contribution is -2.68. The molecular weight excluding hydrogens is 356 g/mol. The number of nitrogens with zero attached hydrogens (tertiary/aromatic N) is 2. The van der Waals surface area contributed by atoms with Crippen molar-refractivity contribution in [2.75, 3.05) is 0 Å². The second kappa shape index (κ2) is 5.28. The van der Waals surface area contributed by atoms with E-state index >= 15 is 0 Å². The molecule has 4 saturated heterocycles. The zero-order valence-corrected chi connectivity index (χ0v) is 17.9. The van der Waals surface area contributed by atoms with Gasteiger partial charge in [-0.1, -0.05) is 19.9 Å². The molecule has 0 radical (unpaired) electrons. The first-order valence-corrected chi connectivity index (χ1v) is 12.2. The first kappa shape index (κ1) is 17.3. The Morgan fingerprint density at radius 3 is 2.76 bits per heavy atom. The Labute approximate surface area is 174 Å². The maximum atomic E-state index is 12.5. The molecule has 6 atom stereocenters. The zero-order valence-electron chi connectivity index (χ0n) is 17.9. The fourth-order valence-electron chi connectivity index (χ4n) is 9.87. The van der Waals surface area contributed by atoms with Gasteiger partial charge in [0.2, 0.25) is 0 Å². The van der Waals surface area contributed by atoms with Crippen molar-refractivity contribution in [3.63, 3.8) is 0 Å². The van der Waals surface area contributed by atoms with E-state index in [1.54, 1.807) is 0 Å². The molecule has 3 heteroatoms. The highest BCUT2D eigenvalue weighted by molar-refractivity contribution is 5.96. The Morgan fingerprint density at radius 2 is 1.86 bits per heavy atom. The van der Waals surface area contributed by atoms with Crippen LogP contribution >= 0.6 is 0 Å². The van der Waals surface area contributed by atoms with Gasteiger partial charge < -0.3 is 4.57 Å². The minimum absolute atomic E-state index is 0.220. The second-order valence-electron chi connectivity index (χ2n) is 11.6. The lowest BCUT2D eigenvalue weighted by Gasteiger charge is -2.64. The van der Waals surface area contributed by atoms with Gasteiger partial charge >= 0.3 is 0 Å². The van der Waals surface area contributed by atoms with Crippen LogP contribution in [-0.4, -0.2) is 32.4 Å². The van der Waals surface area contributed by atoms with Gasteiger partial charge in [-0.2, -0.15) is 0 Å². The Balaban J connectivity index is 1.46. The summed E-state index contributed by atoms with van der Waals surface area (Å²) in [5.74, 6) is 1.16. The molecule has 0 aliphatic carbocycles. The van der Waals surface area contributed by atoms with Crippen LogP contribution in [0, 0.1) is 11.3 Å². The Morgan fingerprint density at radius 1 is 1.03 bits per heavy atom. The first-order valence-electron chi connectivity index (χ1n) is 12.2. The van der Waals surface area contributed by atoms with E-state index in [0.29, 0.717) is 22.9 Å². The predicted molar refractivity (Wildman–Crippen MR) is 115 cm³/mol. The van der Waals surface area contributed by atoms with E-state index < -0.39 is 0 Å². The monoisotopic (exact) mass is 390 g/mol. The summed E-state index contributed by atoms with van der Waals surface area (Å²) in [6.45, 7) is 7.37. The number of aromatic nitrogens is 1. The average Bonchev–Trinajstić information content (AvgIpc) is 3.20. The maximum Gasteiger partial charge on any atom is 0.179 e. The van der Waals surface area contributed by atoms with Crippen LogP contribution in [0.3, 0.4) is 0 Å². The molecule has 7 heterocycles. The number of Topliss-reactive ketones (excluding diaryl/α,β-unsaturated/α-hetero) is 1. The number of carbonyl (C=O) groups excluding carboxylic acids is 1. The Bertz CT molecular complexity index is 941. The molecule has 0 amide bonds. The summed E-state index contributed by atoms with van der Waals surface area (Å²) in [7, 11) is 0. The first-order chi connectivity index (χ1) is 14.0. The van der Waals surface area contributed by atoms with Gasteiger partial charge in [0.15, 0.2) is 5.78 Å². The third-order valence-electron chi connectivity index (χ3n) is 10.4. The van der Waals surface area contributed by atoms with Gasteiger partial charge in [0.05, 0.1) is 5.69 Å². The van der Waals surface area contributed by atoms with E-state index in [1.807, 2.05) is 0 Å². The summed E-state index contributed by atoms with van der Waals surface area (Å²) in [5, 5.41) is 0. The van der Waals surface area contributed by atoms with Crippen molar-refractivity contribution in [3.05, 3.63) is 30.1 Å². The van der Waals surface area contributed by atoms with Crippen molar-refractivity contribution in [2.45, 2.75) is 107 Å². The van der Waals surface area contributed by atoms with Crippen molar-refractivity contribution < 1.29 is 4.79 Å². The van der Waals surface area contributed by atoms with E-state index in [0.717, 1.165) is 30.5 Å². The van der Waals surface area contributed by atoms with Gasteiger partial charge in [0.25, 0.3) is 0 Å². The molecule has 4 fully saturated rings. The lowest BCUT2D eigenvalue weighted by atomic mass is 9.55. The predicted octanol–water partition coefficient (Wildman–Crippen LogP) is 5.76. The topological polar surface area (TPSA) is 25.2 Å². The van der Waals surface area contributed by atoms with Gasteiger partial charge in [0.1, 0.15) is 0 Å². The van der Waals surface area contributed by atoms with E-state index in [2.05, 4.69) is 28.5 Å². The van der Waals surface area contributed by atoms with Crippen molar-refractivity contribution >= 4 is 11.4 Å². The number of carbonyl (C=O) groups is 1. The summed E-state index contributed by atoms with van der Waals surface area (Å²) in [4.78, 5) is 15.7. The van der Waals surface area contributed by atoms with E-state index in [-0.39, 0.29) is 5.41 Å². The normalized spacial score (nSPS) is 48.0. The fraction of sp³-hybridized carbons (Fsp3) is 0.731. The molecule has 154 valence electrons. The van der Waals surface area contributed by atoms with E-state index in [4.69, 9.17) is 6.58 Å². The Kier molecular flexibility index (Phi) is 3.15. The smallest absolute Gasteiger partial charge is 0.179 e. The maximum absolute atomic E-state index is 12.5. The largest absolute Gasteiger partial charge is 0.335 e. The van der Waals surface area contributed by atoms with Crippen LogP contribution in [0.5, 0.6) is 0 Å². The minimum atomic E-state index is 0.220. The van der Waals surface area contributed by atoms with Gasteiger partial charge in [-0.3, -0.25) is 9.69 Å². The Hall–Kier alpha value is -1.35. The number of piperidine rings is 3. The quantitative estimate of drug-likeness (QED) is 0.563. The highest BCUT2D eigenvalue weighted by Crippen LogP contribution is 2.74. The average molecular weight is 391 g/mol. The van der Waals surface area contributed by atoms with E-state index in [9.17, 15) is 4.79 Å². The van der Waals surface area contributed by atoms with Crippen LogP contribution in [0.2, 0.25) is 0 Å². The molecule has 1 aromatic heterocycles. The molecule has 0 saturated carbocycles. The van der Waals surface area contributed by atoms with Crippen molar-refractivity contribution in [3.8, 4) is 0 Å². The second-order valence-corrected chi connectivity index (χ2v) is 11.6. The molecule has 0 N–H and O–H groups in total. The third-order valence-corrected chi connectivity index (χ3v) is 10.4. The van der Waals surface area contributed by atoms with Crippen molar-refractivity contribution in [2.24, 2.45) is 11.3 Å². The number of hydrogen-bond acceptors (Lipinski definition) is 2. The standard InChI is InChI=1S/C26H34N2O/c1-17-13-19-5-3-10-24-11-4-12-26(14-17,28(19)24)25(16-24)15-20-6-9-23(29)22-8-7-21(18(25)2)27(20)22/h7-8,17,19-20H,2-6,9-16H2,1H3/t17-,19-,20-,24+,25+,26+/m1/s1. The minimum Gasteiger partial charge on any atom is -0.335 e. The van der Waals surface area contributed by atoms with Crippen molar-refractivity contribution in [1.82, 2.24) is 9.47 Å². The van der Waals surface area contributed by atoms with Crippen LogP contribution in [0.25, 0.3) is 5.57 Å². The summed E-state index contributed by atoms with van der Waals surface area (Å²) in [5.41, 5.74) is 4.62. The molecule has 1 spiro atoms. The molecule has 6 aliphatic heterocycles. The molecule has 3 nitrogen and oxygen atoms in total. The molecule has 6 aliphatic rings. The zero-order chi connectivity index (χ0) is 19.6. The van der Waals surface area contributed by atoms with E-state index in [1.165, 1.54) is 75.5 Å².